The average molecular weight is 752 g/mol. The number of benzene rings is 3. The third-order valence-corrected chi connectivity index (χ3v) is 8.30. The Morgan fingerprint density at radius 1 is 0.978 bits per heavy atom. The number of hydrogen-bond donors (Lipinski definition) is 3. The number of carbonyl (C=O) groups is 4. The monoisotopic (exact) mass is 749 g/mol. The molecular weight excluding hydrogens is 730 g/mol. The number of amides is 4. The maximum atomic E-state index is 15.5. The summed E-state index contributed by atoms with van der Waals surface area (Å²) in [6, 6.07) is 9.36. The lowest BCUT2D eigenvalue weighted by molar-refractivity contribution is -0.117. The SMILES string of the molecule is CC(C)(C)OC(=O)N(C(=O)O)c1c(F)ccc(NC(=O)c2cc(NC(=O)[C@H]3[C@H](c4ccc(F)c(Br)c4)C3(Cl)Cl)ccc2Cl)c1F. The van der Waals surface area contributed by atoms with Crippen molar-refractivity contribution in [2.75, 3.05) is 15.5 Å². The largest absolute Gasteiger partial charge is 0.464 e. The summed E-state index contributed by atoms with van der Waals surface area (Å²) in [5.74, 6) is -6.80. The predicted molar refractivity (Wildman–Crippen MR) is 166 cm³/mol. The maximum absolute atomic E-state index is 15.5. The van der Waals surface area contributed by atoms with Crippen LogP contribution in [0.5, 0.6) is 0 Å². The molecule has 3 aromatic carbocycles. The second-order valence-electron chi connectivity index (χ2n) is 10.8. The molecule has 0 unspecified atom stereocenters. The van der Waals surface area contributed by atoms with Gasteiger partial charge in [0.1, 0.15) is 21.4 Å². The Morgan fingerprint density at radius 3 is 2.22 bits per heavy atom. The predicted octanol–water partition coefficient (Wildman–Crippen LogP) is 8.72. The molecule has 3 aromatic rings. The second kappa shape index (κ2) is 12.7. The van der Waals surface area contributed by atoms with E-state index in [1.807, 2.05) is 0 Å². The number of nitrogens with zero attached hydrogens (tertiary/aromatic N) is 1. The molecule has 1 aliphatic rings. The van der Waals surface area contributed by atoms with E-state index in [4.69, 9.17) is 39.5 Å². The Labute approximate surface area is 277 Å². The topological polar surface area (TPSA) is 125 Å². The number of rotatable bonds is 6. The van der Waals surface area contributed by atoms with Crippen molar-refractivity contribution in [3.05, 3.63) is 86.6 Å². The third kappa shape index (κ3) is 7.32. The van der Waals surface area contributed by atoms with Crippen LogP contribution in [0.15, 0.2) is 53.0 Å². The van der Waals surface area contributed by atoms with Gasteiger partial charge in [-0.05, 0) is 84.7 Å². The minimum absolute atomic E-state index is 0.0758. The van der Waals surface area contributed by atoms with Gasteiger partial charge < -0.3 is 20.5 Å². The van der Waals surface area contributed by atoms with Gasteiger partial charge in [0.2, 0.25) is 5.91 Å². The van der Waals surface area contributed by atoms with Gasteiger partial charge in [-0.25, -0.2) is 22.8 Å². The van der Waals surface area contributed by atoms with Crippen LogP contribution >= 0.6 is 50.7 Å². The van der Waals surface area contributed by atoms with E-state index in [1.165, 1.54) is 51.1 Å². The number of hydrogen-bond acceptors (Lipinski definition) is 5. The van der Waals surface area contributed by atoms with Gasteiger partial charge in [0, 0.05) is 11.6 Å². The highest BCUT2D eigenvalue weighted by Crippen LogP contribution is 2.65. The molecule has 45 heavy (non-hydrogen) atoms. The molecule has 0 bridgehead atoms. The highest BCUT2D eigenvalue weighted by atomic mass is 79.9. The van der Waals surface area contributed by atoms with E-state index in [9.17, 15) is 33.1 Å². The summed E-state index contributed by atoms with van der Waals surface area (Å²) in [7, 11) is 0. The summed E-state index contributed by atoms with van der Waals surface area (Å²) in [4.78, 5) is 50.2. The number of halogens is 7. The number of carbonyl (C=O) groups excluding carboxylic acids is 3. The van der Waals surface area contributed by atoms with Crippen LogP contribution in [0.4, 0.5) is 39.8 Å². The molecule has 1 saturated carbocycles. The Bertz CT molecular complexity index is 1740. The number of alkyl halides is 2. The highest BCUT2D eigenvalue weighted by Gasteiger charge is 2.67. The van der Waals surface area contributed by atoms with Crippen molar-refractivity contribution in [3.63, 3.8) is 0 Å². The normalized spacial score (nSPS) is 16.8. The summed E-state index contributed by atoms with van der Waals surface area (Å²) in [5, 5.41) is 14.1. The number of carboxylic acid groups (broad SMARTS) is 1. The van der Waals surface area contributed by atoms with E-state index in [0.29, 0.717) is 11.6 Å². The van der Waals surface area contributed by atoms with Crippen LogP contribution in [0.3, 0.4) is 0 Å². The maximum Gasteiger partial charge on any atom is 0.424 e. The summed E-state index contributed by atoms with van der Waals surface area (Å²) >= 11 is 22.0. The lowest BCUT2D eigenvalue weighted by Crippen LogP contribution is -2.41. The fraction of sp³-hybridized carbons (Fsp3) is 0.241. The fourth-order valence-corrected chi connectivity index (χ4v) is 5.80. The zero-order valence-electron chi connectivity index (χ0n) is 23.4. The molecule has 4 rings (SSSR count). The molecule has 16 heteroatoms. The van der Waals surface area contributed by atoms with Crippen molar-refractivity contribution in [1.29, 1.82) is 0 Å². The van der Waals surface area contributed by atoms with E-state index in [1.54, 1.807) is 0 Å². The number of anilines is 3. The molecule has 1 aliphatic carbocycles. The zero-order chi connectivity index (χ0) is 33.6. The smallest absolute Gasteiger partial charge is 0.424 e. The van der Waals surface area contributed by atoms with Gasteiger partial charge in [-0.2, -0.15) is 4.90 Å². The molecule has 2 atom stereocenters. The van der Waals surface area contributed by atoms with Crippen LogP contribution in [0.25, 0.3) is 0 Å². The molecule has 9 nitrogen and oxygen atoms in total. The molecule has 238 valence electrons. The summed E-state index contributed by atoms with van der Waals surface area (Å²) in [6.45, 7) is 4.26. The zero-order valence-corrected chi connectivity index (χ0v) is 27.2. The van der Waals surface area contributed by atoms with Gasteiger partial charge in [-0.3, -0.25) is 9.59 Å². The van der Waals surface area contributed by atoms with Crippen LogP contribution in [0, 0.1) is 23.4 Å². The lowest BCUT2D eigenvalue weighted by atomic mass is 10.1. The molecule has 0 radical (unpaired) electrons. The van der Waals surface area contributed by atoms with Gasteiger partial charge in [0.05, 0.1) is 26.7 Å². The lowest BCUT2D eigenvalue weighted by Gasteiger charge is -2.25. The Kier molecular flexibility index (Phi) is 9.70. The molecule has 4 amide bonds. The van der Waals surface area contributed by atoms with E-state index in [2.05, 4.69) is 26.6 Å². The van der Waals surface area contributed by atoms with Gasteiger partial charge in [0.25, 0.3) is 5.91 Å². The standard InChI is InChI=1S/C29H22BrCl3F3N3O6/c1-28(2,3)45-27(44)39(26(42)43)23-18(35)8-9-19(22(23)36)38-24(40)14-11-13(5-6-16(14)31)37-25(41)21-20(29(21,32)33)12-4-7-17(34)15(30)10-12/h4-11,20-21H,1-3H3,(H,37,41)(H,38,40)(H,42,43)/t20-,21+/m0/s1. The van der Waals surface area contributed by atoms with E-state index in [-0.39, 0.29) is 25.6 Å². The van der Waals surface area contributed by atoms with Crippen LogP contribution in [0.1, 0.15) is 42.6 Å². The van der Waals surface area contributed by atoms with Crippen molar-refractivity contribution in [1.82, 2.24) is 0 Å². The van der Waals surface area contributed by atoms with Crippen molar-refractivity contribution in [2.45, 2.75) is 36.6 Å². The molecular formula is C29H22BrCl3F3N3O6. The van der Waals surface area contributed by atoms with E-state index in [0.717, 1.165) is 12.1 Å². The minimum atomic E-state index is -2.04. The Hall–Kier alpha value is -3.52. The quantitative estimate of drug-likeness (QED) is 0.217. The highest BCUT2D eigenvalue weighted by molar-refractivity contribution is 9.10. The molecule has 0 spiro atoms. The Balaban J connectivity index is 1.56. The van der Waals surface area contributed by atoms with E-state index < -0.39 is 74.6 Å². The van der Waals surface area contributed by atoms with Crippen LogP contribution in [-0.4, -0.2) is 39.0 Å². The number of nitrogens with one attached hydrogen (secondary N) is 2. The average Bonchev–Trinajstić information content (AvgIpc) is 3.51. The molecule has 0 saturated heterocycles. The summed E-state index contributed by atoms with van der Waals surface area (Å²) in [5.41, 5.74) is -2.88. The van der Waals surface area contributed by atoms with E-state index >= 15 is 4.39 Å². The number of imide groups is 1. The molecule has 1 fully saturated rings. The van der Waals surface area contributed by atoms with Crippen molar-refractivity contribution in [2.24, 2.45) is 5.92 Å². The molecule has 0 heterocycles. The molecule has 0 aromatic heterocycles. The second-order valence-corrected chi connectivity index (χ2v) is 13.5. The number of ether oxygens (including phenoxy) is 1. The molecule has 0 aliphatic heterocycles. The fourth-order valence-electron chi connectivity index (χ4n) is 4.38. The Morgan fingerprint density at radius 2 is 1.62 bits per heavy atom. The minimum Gasteiger partial charge on any atom is -0.464 e. The third-order valence-electron chi connectivity index (χ3n) is 6.42. The van der Waals surface area contributed by atoms with Crippen LogP contribution < -0.4 is 15.5 Å². The summed E-state index contributed by atoms with van der Waals surface area (Å²) < 4.78 is 47.4. The van der Waals surface area contributed by atoms with Crippen molar-refractivity contribution >= 4 is 91.8 Å². The van der Waals surface area contributed by atoms with Gasteiger partial charge in [-0.15, -0.1) is 23.2 Å². The van der Waals surface area contributed by atoms with Crippen molar-refractivity contribution in [3.8, 4) is 0 Å². The van der Waals surface area contributed by atoms with Crippen molar-refractivity contribution < 1.29 is 42.2 Å². The first-order chi connectivity index (χ1) is 20.8. The molecule has 3 N–H and O–H groups in total. The van der Waals surface area contributed by atoms with Crippen LogP contribution in [-0.2, 0) is 9.53 Å². The first-order valence-electron chi connectivity index (χ1n) is 12.8. The van der Waals surface area contributed by atoms with Crippen LogP contribution in [0.2, 0.25) is 5.02 Å². The van der Waals surface area contributed by atoms with Gasteiger partial charge in [0.15, 0.2) is 11.6 Å². The summed E-state index contributed by atoms with van der Waals surface area (Å²) in [6.07, 6.45) is -3.62. The van der Waals surface area contributed by atoms with Gasteiger partial charge >= 0.3 is 12.2 Å². The first-order valence-corrected chi connectivity index (χ1v) is 14.7. The first kappa shape index (κ1) is 34.4. The van der Waals surface area contributed by atoms with Gasteiger partial charge in [-0.1, -0.05) is 17.7 Å².